The fraction of sp³-hybridized carbons (Fsp3) is 0.348. The van der Waals surface area contributed by atoms with E-state index in [-0.39, 0.29) is 6.10 Å². The van der Waals surface area contributed by atoms with Crippen LogP contribution in [0.5, 0.6) is 11.5 Å². The molecule has 0 spiro atoms. The second-order valence-corrected chi connectivity index (χ2v) is 7.96. The summed E-state index contributed by atoms with van der Waals surface area (Å²) in [5, 5.41) is 2.53. The second kappa shape index (κ2) is 8.93. The van der Waals surface area contributed by atoms with Gasteiger partial charge in [0.05, 0.1) is 20.3 Å². The van der Waals surface area contributed by atoms with Gasteiger partial charge in [-0.2, -0.15) is 0 Å². The fourth-order valence-corrected chi connectivity index (χ4v) is 4.33. The molecular weight excluding hydrogens is 416 g/mol. The summed E-state index contributed by atoms with van der Waals surface area (Å²) in [6, 6.07) is 11.2. The molecule has 4 rings (SSSR count). The molecule has 0 saturated heterocycles. The third-order valence-electron chi connectivity index (χ3n) is 5.60. The highest BCUT2D eigenvalue weighted by atomic mass is 32.1. The number of thiocarbonyl (C=S) groups is 1. The first-order valence-corrected chi connectivity index (χ1v) is 10.6. The van der Waals surface area contributed by atoms with Gasteiger partial charge in [-0.15, -0.1) is 0 Å². The first-order chi connectivity index (χ1) is 15.0. The number of carbonyl (C=O) groups excluding carboxylic acids is 2. The lowest BCUT2D eigenvalue weighted by molar-refractivity contribution is -0.150. The van der Waals surface area contributed by atoms with Gasteiger partial charge >= 0.3 is 11.9 Å². The van der Waals surface area contributed by atoms with Crippen molar-refractivity contribution in [2.75, 3.05) is 24.4 Å². The maximum Gasteiger partial charge on any atom is 0.396 e. The summed E-state index contributed by atoms with van der Waals surface area (Å²) in [5.41, 5.74) is 3.27. The van der Waals surface area contributed by atoms with Crippen LogP contribution in [-0.2, 0) is 20.9 Å². The van der Waals surface area contributed by atoms with E-state index in [1.807, 2.05) is 29.2 Å². The number of anilines is 2. The summed E-state index contributed by atoms with van der Waals surface area (Å²) in [5.74, 6) is -0.354. The summed E-state index contributed by atoms with van der Waals surface area (Å²) in [4.78, 5) is 25.8. The van der Waals surface area contributed by atoms with Gasteiger partial charge < -0.3 is 24.4 Å². The fourth-order valence-electron chi connectivity index (χ4n) is 3.97. The molecule has 0 atom stereocenters. The van der Waals surface area contributed by atoms with Gasteiger partial charge in [0.2, 0.25) is 0 Å². The van der Waals surface area contributed by atoms with E-state index in [9.17, 15) is 9.59 Å². The second-order valence-electron chi connectivity index (χ2n) is 7.57. The molecule has 1 aliphatic heterocycles. The van der Waals surface area contributed by atoms with Crippen molar-refractivity contribution >= 4 is 40.5 Å². The van der Waals surface area contributed by atoms with Crippen molar-refractivity contribution in [1.82, 2.24) is 0 Å². The predicted octanol–water partition coefficient (Wildman–Crippen LogP) is 3.82. The molecule has 0 aromatic heterocycles. The molecule has 162 valence electrons. The van der Waals surface area contributed by atoms with Crippen LogP contribution < -0.4 is 19.7 Å². The normalized spacial score (nSPS) is 15.5. The Kier molecular flexibility index (Phi) is 6.08. The van der Waals surface area contributed by atoms with Crippen molar-refractivity contribution in [3.63, 3.8) is 0 Å². The summed E-state index contributed by atoms with van der Waals surface area (Å²) >= 11 is 5.72. The van der Waals surface area contributed by atoms with Crippen molar-refractivity contribution < 1.29 is 23.8 Å². The molecule has 1 aliphatic carbocycles. The summed E-state index contributed by atoms with van der Waals surface area (Å²) in [6.07, 6.45) is 4.70. The summed E-state index contributed by atoms with van der Waals surface area (Å²) in [7, 11) is 2.80. The molecule has 31 heavy (non-hydrogen) atoms. The molecule has 2 aromatic carbocycles. The molecule has 1 fully saturated rings. The van der Waals surface area contributed by atoms with Gasteiger partial charge in [-0.3, -0.25) is 4.79 Å². The monoisotopic (exact) mass is 440 g/mol. The molecule has 1 saturated carbocycles. The quantitative estimate of drug-likeness (QED) is 0.430. The minimum Gasteiger partial charge on any atom is -0.493 e. The van der Waals surface area contributed by atoms with Gasteiger partial charge in [-0.05, 0) is 55.5 Å². The van der Waals surface area contributed by atoms with E-state index in [1.165, 1.54) is 12.8 Å². The van der Waals surface area contributed by atoms with E-state index in [4.69, 9.17) is 21.7 Å². The number of fused-ring (bicyclic) bond motifs is 1. The van der Waals surface area contributed by atoms with E-state index in [0.29, 0.717) is 23.0 Å². The minimum atomic E-state index is -0.947. The van der Waals surface area contributed by atoms with Crippen LogP contribution in [0.1, 0.15) is 36.8 Å². The number of benzene rings is 2. The molecule has 2 aromatic rings. The van der Waals surface area contributed by atoms with Crippen LogP contribution in [0.25, 0.3) is 0 Å². The SMILES string of the molecule is COC(=O)C(=O)Nc1ccc2c(c1)C(=S)N(c1ccc(OC)c(OC3CCCC3)c1)C2. The standard InChI is InChI=1S/C23H24N2O5S/c1-28-19-10-9-16(12-20(19)30-17-5-3-4-6-17)25-13-14-7-8-15(11-18(14)22(25)31)24-21(26)23(27)29-2/h7-12,17H,3-6,13H2,1-2H3,(H,24,26). The van der Waals surface area contributed by atoms with Gasteiger partial charge in [-0.1, -0.05) is 18.3 Å². The number of esters is 1. The number of ether oxygens (including phenoxy) is 3. The zero-order valence-corrected chi connectivity index (χ0v) is 18.3. The highest BCUT2D eigenvalue weighted by Crippen LogP contribution is 2.38. The summed E-state index contributed by atoms with van der Waals surface area (Å²) in [6.45, 7) is 0.606. The first-order valence-electron chi connectivity index (χ1n) is 10.2. The van der Waals surface area contributed by atoms with Crippen LogP contribution in [0.4, 0.5) is 11.4 Å². The van der Waals surface area contributed by atoms with Crippen LogP contribution in [-0.4, -0.2) is 37.2 Å². The van der Waals surface area contributed by atoms with Gasteiger partial charge in [0.25, 0.3) is 0 Å². The Morgan fingerprint density at radius 1 is 1.06 bits per heavy atom. The number of nitrogens with one attached hydrogen (secondary N) is 1. The Morgan fingerprint density at radius 2 is 1.84 bits per heavy atom. The third-order valence-corrected chi connectivity index (χ3v) is 6.04. The van der Waals surface area contributed by atoms with E-state index >= 15 is 0 Å². The van der Waals surface area contributed by atoms with E-state index < -0.39 is 11.9 Å². The minimum absolute atomic E-state index is 0.216. The molecule has 1 N–H and O–H groups in total. The number of rotatable bonds is 5. The van der Waals surface area contributed by atoms with Crippen LogP contribution in [0, 0.1) is 0 Å². The molecule has 0 unspecified atom stereocenters. The maximum atomic E-state index is 11.8. The highest BCUT2D eigenvalue weighted by molar-refractivity contribution is 7.81. The zero-order valence-electron chi connectivity index (χ0n) is 17.5. The zero-order chi connectivity index (χ0) is 22.0. The molecule has 1 heterocycles. The van der Waals surface area contributed by atoms with Gasteiger partial charge in [0.15, 0.2) is 11.5 Å². The molecule has 1 amide bonds. The number of hydrogen-bond donors (Lipinski definition) is 1. The van der Waals surface area contributed by atoms with E-state index in [1.54, 1.807) is 19.2 Å². The van der Waals surface area contributed by atoms with Crippen molar-refractivity contribution in [2.24, 2.45) is 0 Å². The maximum absolute atomic E-state index is 11.8. The van der Waals surface area contributed by atoms with Crippen molar-refractivity contribution in [1.29, 1.82) is 0 Å². The Bertz CT molecular complexity index is 1030. The number of hydrogen-bond acceptors (Lipinski definition) is 6. The summed E-state index contributed by atoms with van der Waals surface area (Å²) < 4.78 is 16.2. The Balaban J connectivity index is 1.55. The molecule has 7 nitrogen and oxygen atoms in total. The van der Waals surface area contributed by atoms with Crippen LogP contribution >= 0.6 is 12.2 Å². The van der Waals surface area contributed by atoms with E-state index in [2.05, 4.69) is 10.1 Å². The highest BCUT2D eigenvalue weighted by Gasteiger charge is 2.27. The topological polar surface area (TPSA) is 77.1 Å². The lowest BCUT2D eigenvalue weighted by Crippen LogP contribution is -2.24. The molecular formula is C23H24N2O5S. The van der Waals surface area contributed by atoms with Crippen molar-refractivity contribution in [3.05, 3.63) is 47.5 Å². The van der Waals surface area contributed by atoms with Crippen LogP contribution in [0.15, 0.2) is 36.4 Å². The van der Waals surface area contributed by atoms with E-state index in [0.717, 1.165) is 42.5 Å². The third kappa shape index (κ3) is 4.34. The smallest absolute Gasteiger partial charge is 0.396 e. The van der Waals surface area contributed by atoms with Crippen molar-refractivity contribution in [3.8, 4) is 11.5 Å². The lowest BCUT2D eigenvalue weighted by atomic mass is 10.1. The number of carbonyl (C=O) groups is 2. The number of nitrogens with zero attached hydrogens (tertiary/aromatic N) is 1. The Morgan fingerprint density at radius 3 is 2.55 bits per heavy atom. The largest absolute Gasteiger partial charge is 0.493 e. The van der Waals surface area contributed by atoms with Gasteiger partial charge in [-0.25, -0.2) is 4.79 Å². The Hall–Kier alpha value is -3.13. The van der Waals surface area contributed by atoms with Crippen molar-refractivity contribution in [2.45, 2.75) is 38.3 Å². The Labute approximate surface area is 186 Å². The van der Waals surface area contributed by atoms with Gasteiger partial charge in [0, 0.05) is 29.5 Å². The lowest BCUT2D eigenvalue weighted by Gasteiger charge is -2.22. The van der Waals surface area contributed by atoms with Crippen LogP contribution in [0.2, 0.25) is 0 Å². The predicted molar refractivity (Wildman–Crippen MR) is 121 cm³/mol. The molecule has 2 aliphatic rings. The van der Waals surface area contributed by atoms with Gasteiger partial charge in [0.1, 0.15) is 4.99 Å². The van der Waals surface area contributed by atoms with Crippen LogP contribution in [0.3, 0.4) is 0 Å². The molecule has 8 heteroatoms. The molecule has 0 radical (unpaired) electrons. The average molecular weight is 441 g/mol. The number of methoxy groups -OCH3 is 2. The first kappa shape index (κ1) is 21.1. The molecule has 0 bridgehead atoms. The average Bonchev–Trinajstić information content (AvgIpc) is 3.41. The number of amides is 1.